The summed E-state index contributed by atoms with van der Waals surface area (Å²) in [5, 5.41) is 2.70. The van der Waals surface area contributed by atoms with Gasteiger partial charge < -0.3 is 15.0 Å². The smallest absolute Gasteiger partial charge is 0.267 e. The second-order valence-electron chi connectivity index (χ2n) is 4.39. The largest absolute Gasteiger partial charge is 0.376 e. The summed E-state index contributed by atoms with van der Waals surface area (Å²) in [6.45, 7) is 1.14. The zero-order chi connectivity index (χ0) is 13.9. The van der Waals surface area contributed by atoms with Crippen molar-refractivity contribution in [3.05, 3.63) is 18.0 Å². The number of amides is 1. The highest BCUT2D eigenvalue weighted by Gasteiger charge is 2.18. The predicted octanol–water partition coefficient (Wildman–Crippen LogP) is 1.24. The first kappa shape index (κ1) is 14.4. The Labute approximate surface area is 115 Å². The van der Waals surface area contributed by atoms with Crippen molar-refractivity contribution in [2.24, 2.45) is 0 Å². The minimum atomic E-state index is -3.81. The second kappa shape index (κ2) is 5.94. The molecule has 1 fully saturated rings. The van der Waals surface area contributed by atoms with E-state index in [9.17, 15) is 13.2 Å². The highest BCUT2D eigenvalue weighted by atomic mass is 35.7. The summed E-state index contributed by atoms with van der Waals surface area (Å²) in [6.07, 6.45) is 4.29. The maximum Gasteiger partial charge on any atom is 0.267 e. The summed E-state index contributed by atoms with van der Waals surface area (Å²) in [5.74, 6) is -0.374. The van der Waals surface area contributed by atoms with Gasteiger partial charge >= 0.3 is 0 Å². The average molecular weight is 307 g/mol. The van der Waals surface area contributed by atoms with Crippen molar-refractivity contribution in [2.45, 2.75) is 30.3 Å². The molecule has 0 radical (unpaired) electrons. The van der Waals surface area contributed by atoms with Gasteiger partial charge in [0.2, 0.25) is 0 Å². The Morgan fingerprint density at radius 2 is 2.32 bits per heavy atom. The van der Waals surface area contributed by atoms with Crippen LogP contribution in [0.2, 0.25) is 0 Å². The van der Waals surface area contributed by atoms with E-state index < -0.39 is 9.05 Å². The van der Waals surface area contributed by atoms with Gasteiger partial charge in [0.1, 0.15) is 10.6 Å². The van der Waals surface area contributed by atoms with Gasteiger partial charge in [-0.15, -0.1) is 0 Å². The van der Waals surface area contributed by atoms with Crippen LogP contribution in [-0.4, -0.2) is 38.6 Å². The SMILES string of the molecule is O=C(NCC1CCCCO1)c1cc(S(=O)(=O)Cl)c[nH]1. The van der Waals surface area contributed by atoms with Crippen LogP contribution in [-0.2, 0) is 13.8 Å². The van der Waals surface area contributed by atoms with Crippen molar-refractivity contribution >= 4 is 25.6 Å². The van der Waals surface area contributed by atoms with E-state index >= 15 is 0 Å². The van der Waals surface area contributed by atoms with Crippen LogP contribution in [0.4, 0.5) is 0 Å². The van der Waals surface area contributed by atoms with Gasteiger partial charge in [0.25, 0.3) is 15.0 Å². The number of hydrogen-bond donors (Lipinski definition) is 2. The van der Waals surface area contributed by atoms with Gasteiger partial charge in [-0.05, 0) is 25.3 Å². The zero-order valence-electron chi connectivity index (χ0n) is 10.2. The zero-order valence-corrected chi connectivity index (χ0v) is 11.8. The van der Waals surface area contributed by atoms with Crippen LogP contribution in [0, 0.1) is 0 Å². The molecule has 2 rings (SSSR count). The quantitative estimate of drug-likeness (QED) is 0.819. The van der Waals surface area contributed by atoms with Gasteiger partial charge in [-0.25, -0.2) is 8.42 Å². The fourth-order valence-corrected chi connectivity index (χ4v) is 2.64. The number of halogens is 1. The Morgan fingerprint density at radius 1 is 1.53 bits per heavy atom. The predicted molar refractivity (Wildman–Crippen MR) is 69.8 cm³/mol. The number of carbonyl (C=O) groups excluding carboxylic acids is 1. The van der Waals surface area contributed by atoms with E-state index in [0.717, 1.165) is 25.9 Å². The van der Waals surface area contributed by atoms with E-state index in [2.05, 4.69) is 10.3 Å². The van der Waals surface area contributed by atoms with Crippen LogP contribution in [0.3, 0.4) is 0 Å². The molecular formula is C11H15ClN2O4S. The fraction of sp³-hybridized carbons (Fsp3) is 0.545. The van der Waals surface area contributed by atoms with Crippen molar-refractivity contribution in [3.63, 3.8) is 0 Å². The van der Waals surface area contributed by atoms with Gasteiger partial charge in [-0.2, -0.15) is 0 Å². The maximum absolute atomic E-state index is 11.8. The molecule has 106 valence electrons. The van der Waals surface area contributed by atoms with E-state index in [0.29, 0.717) is 6.54 Å². The topological polar surface area (TPSA) is 88.3 Å². The van der Waals surface area contributed by atoms with Crippen LogP contribution in [0.15, 0.2) is 17.2 Å². The molecule has 1 aliphatic rings. The van der Waals surface area contributed by atoms with E-state index in [1.807, 2.05) is 0 Å². The molecule has 19 heavy (non-hydrogen) atoms. The third-order valence-corrected chi connectivity index (χ3v) is 4.28. The summed E-state index contributed by atoms with van der Waals surface area (Å²) >= 11 is 0. The molecule has 0 aromatic carbocycles. The first-order chi connectivity index (χ1) is 8.97. The highest BCUT2D eigenvalue weighted by Crippen LogP contribution is 2.16. The molecule has 1 aromatic rings. The second-order valence-corrected chi connectivity index (χ2v) is 6.95. The molecule has 0 bridgehead atoms. The van der Waals surface area contributed by atoms with Crippen molar-refractivity contribution in [1.82, 2.24) is 10.3 Å². The third-order valence-electron chi connectivity index (χ3n) is 2.95. The lowest BCUT2D eigenvalue weighted by Gasteiger charge is -2.22. The van der Waals surface area contributed by atoms with E-state index in [4.69, 9.17) is 15.4 Å². The van der Waals surface area contributed by atoms with Crippen molar-refractivity contribution < 1.29 is 17.9 Å². The number of H-pyrrole nitrogens is 1. The number of hydrogen-bond acceptors (Lipinski definition) is 4. The Kier molecular flexibility index (Phi) is 4.49. The molecule has 1 atom stereocenters. The highest BCUT2D eigenvalue weighted by molar-refractivity contribution is 8.13. The van der Waals surface area contributed by atoms with Gasteiger partial charge in [0.05, 0.1) is 6.10 Å². The molecule has 6 nitrogen and oxygen atoms in total. The van der Waals surface area contributed by atoms with Crippen LogP contribution in [0.1, 0.15) is 29.8 Å². The molecule has 1 aliphatic heterocycles. The molecule has 0 spiro atoms. The van der Waals surface area contributed by atoms with Crippen molar-refractivity contribution in [2.75, 3.05) is 13.2 Å². The van der Waals surface area contributed by atoms with Gasteiger partial charge in [0, 0.05) is 30.0 Å². The number of ether oxygens (including phenoxy) is 1. The fourth-order valence-electron chi connectivity index (χ4n) is 1.92. The number of aromatic amines is 1. The minimum Gasteiger partial charge on any atom is -0.376 e. The molecule has 1 saturated heterocycles. The number of carbonyl (C=O) groups is 1. The summed E-state index contributed by atoms with van der Waals surface area (Å²) in [7, 11) is 1.36. The standard InChI is InChI=1S/C11H15ClN2O4S/c12-19(16,17)9-5-10(13-7-9)11(15)14-6-8-3-1-2-4-18-8/h5,7-8,13H,1-4,6H2,(H,14,15). The number of nitrogens with one attached hydrogen (secondary N) is 2. The Bertz CT molecular complexity index is 549. The maximum atomic E-state index is 11.8. The van der Waals surface area contributed by atoms with Crippen molar-refractivity contribution in [3.8, 4) is 0 Å². The lowest BCUT2D eigenvalue weighted by Crippen LogP contribution is -2.35. The van der Waals surface area contributed by atoms with Crippen LogP contribution in [0.5, 0.6) is 0 Å². The lowest BCUT2D eigenvalue weighted by atomic mass is 10.1. The van der Waals surface area contributed by atoms with E-state index in [1.165, 1.54) is 12.3 Å². The molecule has 1 unspecified atom stereocenters. The first-order valence-electron chi connectivity index (χ1n) is 6.00. The van der Waals surface area contributed by atoms with Crippen LogP contribution in [0.25, 0.3) is 0 Å². The van der Waals surface area contributed by atoms with Gasteiger partial charge in [-0.3, -0.25) is 4.79 Å². The minimum absolute atomic E-state index is 0.0314. The number of rotatable bonds is 4. The molecule has 0 saturated carbocycles. The molecule has 1 amide bonds. The molecule has 2 heterocycles. The Morgan fingerprint density at radius 3 is 2.89 bits per heavy atom. The van der Waals surface area contributed by atoms with Gasteiger partial charge in [-0.1, -0.05) is 0 Å². The summed E-state index contributed by atoms with van der Waals surface area (Å²) in [4.78, 5) is 14.3. The molecular weight excluding hydrogens is 292 g/mol. The molecule has 8 heteroatoms. The number of aromatic nitrogens is 1. The molecule has 0 aliphatic carbocycles. The van der Waals surface area contributed by atoms with E-state index in [1.54, 1.807) is 0 Å². The Hall–Kier alpha value is -1.05. The summed E-state index contributed by atoms with van der Waals surface area (Å²) < 4.78 is 27.6. The normalized spacial score (nSPS) is 20.2. The van der Waals surface area contributed by atoms with Gasteiger partial charge in [0.15, 0.2) is 0 Å². The van der Waals surface area contributed by atoms with Crippen LogP contribution < -0.4 is 5.32 Å². The monoisotopic (exact) mass is 306 g/mol. The third kappa shape index (κ3) is 3.95. The molecule has 1 aromatic heterocycles. The lowest BCUT2D eigenvalue weighted by molar-refractivity contribution is 0.0168. The molecule has 2 N–H and O–H groups in total. The first-order valence-corrected chi connectivity index (χ1v) is 8.30. The Balaban J connectivity index is 1.91. The van der Waals surface area contributed by atoms with Crippen LogP contribution >= 0.6 is 10.7 Å². The van der Waals surface area contributed by atoms with Crippen molar-refractivity contribution in [1.29, 1.82) is 0 Å². The average Bonchev–Trinajstić information content (AvgIpc) is 2.87. The van der Waals surface area contributed by atoms with E-state index in [-0.39, 0.29) is 22.6 Å². The summed E-state index contributed by atoms with van der Waals surface area (Å²) in [5.41, 5.74) is 0.162. The summed E-state index contributed by atoms with van der Waals surface area (Å²) in [6, 6.07) is 1.21.